The minimum Gasteiger partial charge on any atom is -0.337 e. The first-order valence-corrected chi connectivity index (χ1v) is 4.30. The van der Waals surface area contributed by atoms with E-state index < -0.39 is 0 Å². The molecule has 0 aliphatic carbocycles. The summed E-state index contributed by atoms with van der Waals surface area (Å²) in [6, 6.07) is 5.85. The molecule has 0 spiro atoms. The van der Waals surface area contributed by atoms with E-state index in [1.807, 2.05) is 25.2 Å². The second-order valence-electron chi connectivity index (χ2n) is 3.32. The molecule has 2 rings (SSSR count). The Morgan fingerprint density at radius 1 is 1.54 bits per heavy atom. The summed E-state index contributed by atoms with van der Waals surface area (Å²) in [6.45, 7) is 1.14. The lowest BCUT2D eigenvalue weighted by Crippen LogP contribution is -2.18. The topological polar surface area (TPSA) is 46.3 Å². The first kappa shape index (κ1) is 8.26. The van der Waals surface area contributed by atoms with Gasteiger partial charge in [0.1, 0.15) is 0 Å². The molecule has 3 heteroatoms. The maximum atomic E-state index is 11.6. The van der Waals surface area contributed by atoms with E-state index in [1.165, 1.54) is 0 Å². The molecule has 1 heterocycles. The molecular formula is C10H12N2O. The molecule has 0 unspecified atom stereocenters. The molecule has 0 atom stereocenters. The van der Waals surface area contributed by atoms with Gasteiger partial charge in [0.05, 0.1) is 0 Å². The summed E-state index contributed by atoms with van der Waals surface area (Å²) in [5, 5.41) is 0. The van der Waals surface area contributed by atoms with E-state index >= 15 is 0 Å². The van der Waals surface area contributed by atoms with E-state index in [1.54, 1.807) is 4.90 Å². The molecule has 1 aliphatic rings. The van der Waals surface area contributed by atoms with Crippen LogP contribution in [0, 0.1) is 0 Å². The van der Waals surface area contributed by atoms with Crippen molar-refractivity contribution in [3.63, 3.8) is 0 Å². The first-order valence-electron chi connectivity index (χ1n) is 4.30. The number of rotatable bonds is 1. The van der Waals surface area contributed by atoms with E-state index in [0.29, 0.717) is 13.1 Å². The van der Waals surface area contributed by atoms with Crippen molar-refractivity contribution in [2.75, 3.05) is 7.05 Å². The second-order valence-corrected chi connectivity index (χ2v) is 3.32. The summed E-state index contributed by atoms with van der Waals surface area (Å²) >= 11 is 0. The van der Waals surface area contributed by atoms with Gasteiger partial charge in [-0.3, -0.25) is 4.79 Å². The molecular weight excluding hydrogens is 164 g/mol. The van der Waals surface area contributed by atoms with E-state index in [2.05, 4.69) is 0 Å². The normalized spacial score (nSPS) is 14.9. The molecule has 0 bridgehead atoms. The Kier molecular flexibility index (Phi) is 1.81. The van der Waals surface area contributed by atoms with Gasteiger partial charge in [-0.25, -0.2) is 0 Å². The zero-order valence-corrected chi connectivity index (χ0v) is 7.58. The molecule has 3 nitrogen and oxygen atoms in total. The molecule has 0 saturated heterocycles. The third-order valence-corrected chi connectivity index (χ3v) is 2.43. The fraction of sp³-hybridized carbons (Fsp3) is 0.300. The first-order chi connectivity index (χ1) is 6.24. The van der Waals surface area contributed by atoms with E-state index in [-0.39, 0.29) is 5.91 Å². The van der Waals surface area contributed by atoms with Crippen LogP contribution in [0.1, 0.15) is 21.5 Å². The summed E-state index contributed by atoms with van der Waals surface area (Å²) in [5.74, 6) is 0.0936. The summed E-state index contributed by atoms with van der Waals surface area (Å²) < 4.78 is 0. The number of fused-ring (bicyclic) bond motifs is 1. The van der Waals surface area contributed by atoms with Gasteiger partial charge >= 0.3 is 0 Å². The van der Waals surface area contributed by atoms with Crippen LogP contribution in [0.3, 0.4) is 0 Å². The van der Waals surface area contributed by atoms with E-state index in [9.17, 15) is 4.79 Å². The van der Waals surface area contributed by atoms with Gasteiger partial charge in [-0.05, 0) is 11.1 Å². The standard InChI is InChI=1S/C10H12N2O/c1-12-6-8-4-2-3-7(5-11)9(8)10(12)13/h2-4H,5-6,11H2,1H3. The number of nitrogens with zero attached hydrogens (tertiary/aromatic N) is 1. The van der Waals surface area contributed by atoms with Crippen LogP contribution in [0.5, 0.6) is 0 Å². The highest BCUT2D eigenvalue weighted by Crippen LogP contribution is 2.24. The molecule has 13 heavy (non-hydrogen) atoms. The molecule has 2 N–H and O–H groups in total. The average Bonchev–Trinajstić information content (AvgIpc) is 2.43. The van der Waals surface area contributed by atoms with Crippen LogP contribution in [0.25, 0.3) is 0 Å². The molecule has 68 valence electrons. The van der Waals surface area contributed by atoms with Gasteiger partial charge in [-0.1, -0.05) is 18.2 Å². The van der Waals surface area contributed by atoms with Crippen LogP contribution in [0.2, 0.25) is 0 Å². The number of nitrogens with two attached hydrogens (primary N) is 1. The Labute approximate surface area is 77.1 Å². The summed E-state index contributed by atoms with van der Waals surface area (Å²) in [7, 11) is 1.81. The van der Waals surface area contributed by atoms with Gasteiger partial charge in [-0.15, -0.1) is 0 Å². The SMILES string of the molecule is CN1Cc2cccc(CN)c2C1=O. The van der Waals surface area contributed by atoms with Crippen molar-refractivity contribution >= 4 is 5.91 Å². The molecule has 0 radical (unpaired) electrons. The smallest absolute Gasteiger partial charge is 0.254 e. The Hall–Kier alpha value is -1.35. The van der Waals surface area contributed by atoms with Crippen LogP contribution in [-0.2, 0) is 13.1 Å². The molecule has 1 amide bonds. The Bertz CT molecular complexity index is 360. The van der Waals surface area contributed by atoms with Crippen LogP contribution < -0.4 is 5.73 Å². The van der Waals surface area contributed by atoms with Crippen LogP contribution in [-0.4, -0.2) is 17.9 Å². The van der Waals surface area contributed by atoms with Crippen molar-refractivity contribution in [2.45, 2.75) is 13.1 Å². The third-order valence-electron chi connectivity index (χ3n) is 2.43. The Morgan fingerprint density at radius 2 is 2.31 bits per heavy atom. The fourth-order valence-corrected chi connectivity index (χ4v) is 1.75. The monoisotopic (exact) mass is 176 g/mol. The summed E-state index contributed by atoms with van der Waals surface area (Å²) in [4.78, 5) is 13.4. The van der Waals surface area contributed by atoms with Crippen LogP contribution >= 0.6 is 0 Å². The highest BCUT2D eigenvalue weighted by atomic mass is 16.2. The van der Waals surface area contributed by atoms with Crippen molar-refractivity contribution < 1.29 is 4.79 Å². The number of carbonyl (C=O) groups excluding carboxylic acids is 1. The van der Waals surface area contributed by atoms with E-state index in [4.69, 9.17) is 5.73 Å². The zero-order valence-electron chi connectivity index (χ0n) is 7.58. The third kappa shape index (κ3) is 1.12. The number of amides is 1. The lowest BCUT2D eigenvalue weighted by atomic mass is 10.0. The van der Waals surface area contributed by atoms with Gasteiger partial charge in [-0.2, -0.15) is 0 Å². The number of hydrogen-bond acceptors (Lipinski definition) is 2. The minimum atomic E-state index is 0.0936. The lowest BCUT2D eigenvalue weighted by molar-refractivity contribution is 0.0815. The largest absolute Gasteiger partial charge is 0.337 e. The fourth-order valence-electron chi connectivity index (χ4n) is 1.75. The highest BCUT2D eigenvalue weighted by molar-refractivity contribution is 5.99. The second kappa shape index (κ2) is 2.85. The van der Waals surface area contributed by atoms with Crippen molar-refractivity contribution in [1.82, 2.24) is 4.90 Å². The number of benzene rings is 1. The molecule has 1 aromatic carbocycles. The van der Waals surface area contributed by atoms with Gasteiger partial charge in [0, 0.05) is 25.7 Å². The number of hydrogen-bond donors (Lipinski definition) is 1. The quantitative estimate of drug-likeness (QED) is 0.685. The predicted molar refractivity (Wildman–Crippen MR) is 50.1 cm³/mol. The average molecular weight is 176 g/mol. The van der Waals surface area contributed by atoms with Gasteiger partial charge in [0.15, 0.2) is 0 Å². The van der Waals surface area contributed by atoms with Crippen molar-refractivity contribution in [3.05, 3.63) is 34.9 Å². The van der Waals surface area contributed by atoms with Gasteiger partial charge < -0.3 is 10.6 Å². The number of carbonyl (C=O) groups is 1. The molecule has 0 fully saturated rings. The minimum absolute atomic E-state index is 0.0936. The lowest BCUT2D eigenvalue weighted by Gasteiger charge is -2.05. The Morgan fingerprint density at radius 3 is 3.00 bits per heavy atom. The molecule has 1 aromatic rings. The molecule has 0 saturated carbocycles. The van der Waals surface area contributed by atoms with Crippen molar-refractivity contribution in [3.8, 4) is 0 Å². The van der Waals surface area contributed by atoms with E-state index in [0.717, 1.165) is 16.7 Å². The predicted octanol–water partition coefficient (Wildman–Crippen LogP) is 0.731. The van der Waals surface area contributed by atoms with Crippen molar-refractivity contribution in [1.29, 1.82) is 0 Å². The summed E-state index contributed by atoms with van der Waals surface area (Å²) in [5.41, 5.74) is 8.42. The van der Waals surface area contributed by atoms with Gasteiger partial charge in [0.25, 0.3) is 5.91 Å². The molecule has 0 aromatic heterocycles. The maximum Gasteiger partial charge on any atom is 0.254 e. The van der Waals surface area contributed by atoms with Crippen molar-refractivity contribution in [2.24, 2.45) is 5.73 Å². The summed E-state index contributed by atoms with van der Waals surface area (Å²) in [6.07, 6.45) is 0. The van der Waals surface area contributed by atoms with Crippen LogP contribution in [0.4, 0.5) is 0 Å². The maximum absolute atomic E-state index is 11.6. The molecule has 1 aliphatic heterocycles. The zero-order chi connectivity index (χ0) is 9.42. The highest BCUT2D eigenvalue weighted by Gasteiger charge is 2.26. The van der Waals surface area contributed by atoms with Crippen LogP contribution in [0.15, 0.2) is 18.2 Å². The van der Waals surface area contributed by atoms with Gasteiger partial charge in [0.2, 0.25) is 0 Å². The Balaban J connectivity index is 2.58.